The van der Waals surface area contributed by atoms with E-state index in [1.165, 1.54) is 12.1 Å². The lowest BCUT2D eigenvalue weighted by atomic mass is 10.2. The zero-order valence-electron chi connectivity index (χ0n) is 10.2. The van der Waals surface area contributed by atoms with Crippen LogP contribution >= 0.6 is 11.6 Å². The third-order valence-electron chi connectivity index (χ3n) is 2.47. The van der Waals surface area contributed by atoms with E-state index in [9.17, 15) is 19.3 Å². The molecule has 0 aliphatic heterocycles. The number of rotatable bonds is 4. The number of carboxylic acid groups (broad SMARTS) is 1. The van der Waals surface area contributed by atoms with Gasteiger partial charge in [-0.25, -0.2) is 9.18 Å². The topological polar surface area (TPSA) is 89.7 Å². The summed E-state index contributed by atoms with van der Waals surface area (Å²) in [4.78, 5) is 20.8. The summed E-state index contributed by atoms with van der Waals surface area (Å²) in [6.45, 7) is 0. The molecule has 6 nitrogen and oxygen atoms in total. The molecule has 8 heteroatoms. The van der Waals surface area contributed by atoms with Gasteiger partial charge in [-0.15, -0.1) is 0 Å². The van der Waals surface area contributed by atoms with E-state index in [0.717, 1.165) is 24.3 Å². The number of benzene rings is 2. The van der Waals surface area contributed by atoms with Crippen molar-refractivity contribution in [3.8, 4) is 11.5 Å². The minimum Gasteiger partial charge on any atom is -0.478 e. The third-order valence-corrected chi connectivity index (χ3v) is 2.80. The van der Waals surface area contributed by atoms with Crippen LogP contribution in [-0.4, -0.2) is 16.0 Å². The molecule has 0 spiro atoms. The summed E-state index contributed by atoms with van der Waals surface area (Å²) in [7, 11) is 0. The average Bonchev–Trinajstić information content (AvgIpc) is 2.40. The van der Waals surface area contributed by atoms with Gasteiger partial charge in [0.15, 0.2) is 0 Å². The Hall–Kier alpha value is -2.67. The predicted molar refractivity (Wildman–Crippen MR) is 71.5 cm³/mol. The van der Waals surface area contributed by atoms with E-state index < -0.39 is 22.4 Å². The molecule has 0 heterocycles. The molecule has 0 atom stereocenters. The van der Waals surface area contributed by atoms with Crippen LogP contribution in [-0.2, 0) is 0 Å². The minimum absolute atomic E-state index is 0.0140. The molecule has 1 N–H and O–H groups in total. The lowest BCUT2D eigenvalue weighted by Gasteiger charge is -2.07. The summed E-state index contributed by atoms with van der Waals surface area (Å²) in [5.41, 5.74) is -0.669. The summed E-state index contributed by atoms with van der Waals surface area (Å²) in [6.07, 6.45) is 0. The van der Waals surface area contributed by atoms with Crippen LogP contribution < -0.4 is 4.74 Å². The molecule has 108 valence electrons. The standard InChI is InChI=1S/C13H7ClFNO5/c14-12-2-1-9(6-11(12)13(17)18)21-10-4-7(15)3-8(5-10)16(19)20/h1-6H,(H,17,18). The van der Waals surface area contributed by atoms with Crippen LogP contribution in [0.4, 0.5) is 10.1 Å². The molecule has 0 aromatic heterocycles. The number of nitro groups is 1. The fourth-order valence-corrected chi connectivity index (χ4v) is 1.78. The van der Waals surface area contributed by atoms with Crippen molar-refractivity contribution >= 4 is 23.3 Å². The number of carboxylic acids is 1. The first kappa shape index (κ1) is 14.7. The Kier molecular flexibility index (Phi) is 4.04. The average molecular weight is 312 g/mol. The molecule has 2 rings (SSSR count). The van der Waals surface area contributed by atoms with Crippen molar-refractivity contribution in [1.82, 2.24) is 0 Å². The maximum absolute atomic E-state index is 13.3. The molecule has 0 saturated carbocycles. The molecule has 21 heavy (non-hydrogen) atoms. The number of hydrogen-bond donors (Lipinski definition) is 1. The van der Waals surface area contributed by atoms with Gasteiger partial charge < -0.3 is 9.84 Å². The largest absolute Gasteiger partial charge is 0.478 e. The smallest absolute Gasteiger partial charge is 0.337 e. The van der Waals surface area contributed by atoms with Crippen molar-refractivity contribution in [2.24, 2.45) is 0 Å². The van der Waals surface area contributed by atoms with E-state index in [1.807, 2.05) is 0 Å². The molecule has 0 fully saturated rings. The summed E-state index contributed by atoms with van der Waals surface area (Å²) < 4.78 is 18.5. The van der Waals surface area contributed by atoms with Gasteiger partial charge in [-0.05, 0) is 18.2 Å². The molecule has 0 aliphatic carbocycles. The maximum atomic E-state index is 13.3. The highest BCUT2D eigenvalue weighted by Crippen LogP contribution is 2.29. The molecule has 2 aromatic rings. The predicted octanol–water partition coefficient (Wildman–Crippen LogP) is 3.88. The fraction of sp³-hybridized carbons (Fsp3) is 0. The monoisotopic (exact) mass is 311 g/mol. The van der Waals surface area contributed by atoms with Gasteiger partial charge in [-0.1, -0.05) is 11.6 Å². The van der Waals surface area contributed by atoms with Crippen LogP contribution in [0.3, 0.4) is 0 Å². The number of non-ortho nitro benzene ring substituents is 1. The van der Waals surface area contributed by atoms with Crippen molar-refractivity contribution in [3.05, 3.63) is 62.9 Å². The van der Waals surface area contributed by atoms with Crippen molar-refractivity contribution in [1.29, 1.82) is 0 Å². The van der Waals surface area contributed by atoms with Gasteiger partial charge in [0, 0.05) is 6.07 Å². The summed E-state index contributed by atoms with van der Waals surface area (Å²) in [6, 6.07) is 6.53. The fourth-order valence-electron chi connectivity index (χ4n) is 1.58. The number of nitrogens with zero attached hydrogens (tertiary/aromatic N) is 1. The lowest BCUT2D eigenvalue weighted by Crippen LogP contribution is -1.98. The van der Waals surface area contributed by atoms with Gasteiger partial charge in [-0.3, -0.25) is 10.1 Å². The summed E-state index contributed by atoms with van der Waals surface area (Å²) >= 11 is 5.70. The summed E-state index contributed by atoms with van der Waals surface area (Å²) in [5, 5.41) is 19.6. The minimum atomic E-state index is -1.25. The van der Waals surface area contributed by atoms with Gasteiger partial charge in [-0.2, -0.15) is 0 Å². The molecule has 0 unspecified atom stereocenters. The first-order valence-electron chi connectivity index (χ1n) is 5.52. The Bertz CT molecular complexity index is 734. The second kappa shape index (κ2) is 5.76. The lowest BCUT2D eigenvalue weighted by molar-refractivity contribution is -0.385. The van der Waals surface area contributed by atoms with Gasteiger partial charge in [0.1, 0.15) is 17.3 Å². The number of aromatic carboxylic acids is 1. The molecule has 0 bridgehead atoms. The molecule has 0 radical (unpaired) electrons. The number of hydrogen-bond acceptors (Lipinski definition) is 4. The van der Waals surface area contributed by atoms with Gasteiger partial charge in [0.2, 0.25) is 0 Å². The molecular formula is C13H7ClFNO5. The second-order valence-electron chi connectivity index (χ2n) is 3.95. The van der Waals surface area contributed by atoms with Crippen molar-refractivity contribution in [2.75, 3.05) is 0 Å². The Morgan fingerprint density at radius 1 is 1.24 bits per heavy atom. The van der Waals surface area contributed by atoms with E-state index in [4.69, 9.17) is 21.4 Å². The third kappa shape index (κ3) is 3.46. The maximum Gasteiger partial charge on any atom is 0.337 e. The zero-order chi connectivity index (χ0) is 15.6. The summed E-state index contributed by atoms with van der Waals surface area (Å²) in [5.74, 6) is -2.15. The number of ether oxygens (including phenoxy) is 1. The van der Waals surface area contributed by atoms with Crippen molar-refractivity contribution < 1.29 is 24.0 Å². The van der Waals surface area contributed by atoms with Crippen LogP contribution in [0.5, 0.6) is 11.5 Å². The first-order chi connectivity index (χ1) is 9.86. The van der Waals surface area contributed by atoms with Gasteiger partial charge in [0.05, 0.1) is 27.6 Å². The quantitative estimate of drug-likeness (QED) is 0.683. The second-order valence-corrected chi connectivity index (χ2v) is 4.36. The number of halogens is 2. The molecule has 0 amide bonds. The zero-order valence-corrected chi connectivity index (χ0v) is 11.0. The van der Waals surface area contributed by atoms with Crippen LogP contribution in [0.15, 0.2) is 36.4 Å². The molecule has 0 saturated heterocycles. The first-order valence-corrected chi connectivity index (χ1v) is 5.90. The van der Waals surface area contributed by atoms with E-state index in [2.05, 4.69) is 0 Å². The highest BCUT2D eigenvalue weighted by atomic mass is 35.5. The Labute approximate surface area is 122 Å². The van der Waals surface area contributed by atoms with Crippen LogP contribution in [0.1, 0.15) is 10.4 Å². The number of nitro benzene ring substituents is 1. The van der Waals surface area contributed by atoms with E-state index in [1.54, 1.807) is 0 Å². The van der Waals surface area contributed by atoms with Crippen LogP contribution in [0, 0.1) is 15.9 Å². The Morgan fingerprint density at radius 2 is 1.95 bits per heavy atom. The van der Waals surface area contributed by atoms with Gasteiger partial charge >= 0.3 is 5.97 Å². The van der Waals surface area contributed by atoms with Crippen LogP contribution in [0.2, 0.25) is 5.02 Å². The molecule has 2 aromatic carbocycles. The normalized spacial score (nSPS) is 10.2. The van der Waals surface area contributed by atoms with E-state index >= 15 is 0 Å². The SMILES string of the molecule is O=C(O)c1cc(Oc2cc(F)cc([N+](=O)[O-])c2)ccc1Cl. The van der Waals surface area contributed by atoms with Crippen molar-refractivity contribution in [3.63, 3.8) is 0 Å². The Balaban J connectivity index is 2.36. The number of carbonyl (C=O) groups is 1. The van der Waals surface area contributed by atoms with Crippen LogP contribution in [0.25, 0.3) is 0 Å². The van der Waals surface area contributed by atoms with Gasteiger partial charge in [0.25, 0.3) is 5.69 Å². The van der Waals surface area contributed by atoms with Crippen molar-refractivity contribution in [2.45, 2.75) is 0 Å². The van der Waals surface area contributed by atoms with E-state index in [-0.39, 0.29) is 22.1 Å². The highest BCUT2D eigenvalue weighted by Gasteiger charge is 2.13. The molecular weight excluding hydrogens is 305 g/mol. The van der Waals surface area contributed by atoms with E-state index in [0.29, 0.717) is 0 Å². The molecule has 0 aliphatic rings. The highest BCUT2D eigenvalue weighted by molar-refractivity contribution is 6.33. The Morgan fingerprint density at radius 3 is 2.57 bits per heavy atom.